The summed E-state index contributed by atoms with van der Waals surface area (Å²) in [5.74, 6) is 2.16. The number of amidine groups is 1. The second-order valence-electron chi connectivity index (χ2n) is 8.98. The number of hydrazine groups is 1. The highest BCUT2D eigenvalue weighted by Crippen LogP contribution is 2.33. The van der Waals surface area contributed by atoms with E-state index in [4.69, 9.17) is 4.99 Å². The van der Waals surface area contributed by atoms with Gasteiger partial charge in [0.2, 0.25) is 0 Å². The molecule has 0 saturated heterocycles. The Hall–Kier alpha value is -4.29. The van der Waals surface area contributed by atoms with Gasteiger partial charge in [0, 0.05) is 18.2 Å². The number of hydrogen-bond acceptors (Lipinski definition) is 5. The van der Waals surface area contributed by atoms with Crippen molar-refractivity contribution >= 4 is 11.9 Å². The highest BCUT2D eigenvalue weighted by atomic mass is 15.5. The molecule has 40 heavy (non-hydrogen) atoms. The number of nitrogens with zero attached hydrogens (tertiary/aromatic N) is 4. The maximum Gasteiger partial charge on any atom is 0.181 e. The Morgan fingerprint density at radius 3 is 2.17 bits per heavy atom. The molecule has 0 amide bonds. The number of aryl methyl sites for hydroxylation is 3. The zero-order valence-electron chi connectivity index (χ0n) is 25.1. The van der Waals surface area contributed by atoms with Gasteiger partial charge in [0.15, 0.2) is 11.6 Å². The van der Waals surface area contributed by atoms with Crippen molar-refractivity contribution in [1.29, 1.82) is 0 Å². The van der Waals surface area contributed by atoms with Crippen LogP contribution in [0, 0.1) is 13.8 Å². The van der Waals surface area contributed by atoms with Crippen LogP contribution in [-0.2, 0) is 7.05 Å². The molecule has 6 nitrogen and oxygen atoms in total. The van der Waals surface area contributed by atoms with E-state index in [1.54, 1.807) is 10.8 Å². The zero-order chi connectivity index (χ0) is 29.2. The molecule has 2 heterocycles. The lowest BCUT2D eigenvalue weighted by molar-refractivity contribution is 0.634. The van der Waals surface area contributed by atoms with Crippen molar-refractivity contribution in [3.8, 4) is 33.6 Å². The third kappa shape index (κ3) is 6.64. The molecule has 0 radical (unpaired) electrons. The average Bonchev–Trinajstić information content (AvgIpc) is 3.62. The lowest BCUT2D eigenvalue weighted by Crippen LogP contribution is -2.34. The number of allylic oxidation sites excluding steroid dienone is 1. The van der Waals surface area contributed by atoms with Crippen LogP contribution in [0.2, 0.25) is 0 Å². The maximum absolute atomic E-state index is 4.79. The van der Waals surface area contributed by atoms with Gasteiger partial charge in [-0.25, -0.2) is 20.1 Å². The highest BCUT2D eigenvalue weighted by Gasteiger charge is 2.18. The average molecular weight is 535 g/mol. The predicted octanol–water partition coefficient (Wildman–Crippen LogP) is 7.88. The van der Waals surface area contributed by atoms with Crippen LogP contribution in [0.5, 0.6) is 0 Å². The van der Waals surface area contributed by atoms with Crippen LogP contribution in [0.25, 0.3) is 39.7 Å². The van der Waals surface area contributed by atoms with Gasteiger partial charge >= 0.3 is 0 Å². The van der Waals surface area contributed by atoms with E-state index in [0.29, 0.717) is 5.82 Å². The first kappa shape index (κ1) is 30.3. The second-order valence-corrected chi connectivity index (χ2v) is 8.98. The molecule has 0 fully saturated rings. The van der Waals surface area contributed by atoms with Crippen LogP contribution in [-0.4, -0.2) is 26.8 Å². The van der Waals surface area contributed by atoms with Crippen molar-refractivity contribution in [1.82, 2.24) is 25.6 Å². The molecule has 0 bridgehead atoms. The van der Waals surface area contributed by atoms with Gasteiger partial charge in [0.25, 0.3) is 0 Å². The number of rotatable bonds is 6. The third-order valence-corrected chi connectivity index (χ3v) is 6.43. The Morgan fingerprint density at radius 1 is 0.825 bits per heavy atom. The molecular formula is C34H42N6. The first-order valence-electron chi connectivity index (χ1n) is 14.1. The molecule has 0 spiro atoms. The Morgan fingerprint density at radius 2 is 1.50 bits per heavy atom. The highest BCUT2D eigenvalue weighted by molar-refractivity contribution is 6.01. The molecule has 3 aromatic carbocycles. The van der Waals surface area contributed by atoms with Crippen molar-refractivity contribution in [3.05, 3.63) is 102 Å². The molecule has 6 heteroatoms. The summed E-state index contributed by atoms with van der Waals surface area (Å²) in [5, 5.41) is 4.64. The zero-order valence-corrected chi connectivity index (χ0v) is 25.1. The van der Waals surface area contributed by atoms with Crippen LogP contribution in [0.3, 0.4) is 0 Å². The van der Waals surface area contributed by atoms with Crippen molar-refractivity contribution in [2.45, 2.75) is 54.6 Å². The van der Waals surface area contributed by atoms with Gasteiger partial charge in [-0.15, -0.1) is 0 Å². The quantitative estimate of drug-likeness (QED) is 0.247. The summed E-state index contributed by atoms with van der Waals surface area (Å²) in [6.45, 7) is 18.2. The molecule has 208 valence electrons. The number of hydrogen-bond donors (Lipinski definition) is 2. The maximum atomic E-state index is 4.79. The predicted molar refractivity (Wildman–Crippen MR) is 171 cm³/mol. The lowest BCUT2D eigenvalue weighted by atomic mass is 9.91. The van der Waals surface area contributed by atoms with Crippen LogP contribution >= 0.6 is 0 Å². The smallest absolute Gasteiger partial charge is 0.181 e. The fourth-order valence-electron chi connectivity index (χ4n) is 4.49. The van der Waals surface area contributed by atoms with Crippen LogP contribution < -0.4 is 10.9 Å². The van der Waals surface area contributed by atoms with Gasteiger partial charge in [-0.05, 0) is 90.6 Å². The Balaban J connectivity index is 0.00000106. The molecule has 1 aliphatic rings. The summed E-state index contributed by atoms with van der Waals surface area (Å²) < 4.78 is 1.74. The SMILES string of the molecule is C=Cc1nc(-c2cc(C3=NC(/C=C\C)NN3)cc(-c3ccc(C)c(-c4ccccc4C)c3)c2)nn1C.CC.CC. The summed E-state index contributed by atoms with van der Waals surface area (Å²) in [6, 6.07) is 21.5. The minimum absolute atomic E-state index is 0.107. The fourth-order valence-corrected chi connectivity index (χ4v) is 4.49. The largest absolute Gasteiger partial charge is 0.303 e. The second kappa shape index (κ2) is 14.2. The molecule has 1 atom stereocenters. The van der Waals surface area contributed by atoms with Gasteiger partial charge < -0.3 is 5.43 Å². The van der Waals surface area contributed by atoms with E-state index in [1.165, 1.54) is 22.3 Å². The molecule has 0 saturated carbocycles. The van der Waals surface area contributed by atoms with Gasteiger partial charge in [-0.3, -0.25) is 0 Å². The van der Waals surface area contributed by atoms with Crippen molar-refractivity contribution in [2.75, 3.05) is 0 Å². The number of aliphatic imine (C=N–C) groups is 1. The summed E-state index contributed by atoms with van der Waals surface area (Å²) in [4.78, 5) is 9.48. The molecule has 1 unspecified atom stereocenters. The lowest BCUT2D eigenvalue weighted by Gasteiger charge is -2.14. The van der Waals surface area contributed by atoms with E-state index < -0.39 is 0 Å². The standard InChI is InChI=1S/C30H30N6.2C2H6/c1-6-10-27-31-29(34-33-27)23-15-22(16-24(17-23)30-32-28(7-2)36(5)35-30)21-14-13-20(4)26(18-21)25-12-9-8-11-19(25)3;2*1-2/h6-18,27,33H,2H2,1,3-5H3,(H,31,34);2*1-2H3/b10-6-;;. The van der Waals surface area contributed by atoms with Crippen molar-refractivity contribution in [3.63, 3.8) is 0 Å². The minimum atomic E-state index is -0.107. The van der Waals surface area contributed by atoms with E-state index in [9.17, 15) is 0 Å². The van der Waals surface area contributed by atoms with E-state index in [0.717, 1.165) is 33.9 Å². The van der Waals surface area contributed by atoms with Gasteiger partial charge in [-0.2, -0.15) is 5.10 Å². The van der Waals surface area contributed by atoms with E-state index in [2.05, 4.69) is 102 Å². The monoisotopic (exact) mass is 534 g/mol. The van der Waals surface area contributed by atoms with E-state index >= 15 is 0 Å². The Bertz CT molecular complexity index is 1510. The molecular weight excluding hydrogens is 492 g/mol. The van der Waals surface area contributed by atoms with Crippen LogP contribution in [0.15, 0.2) is 84.4 Å². The molecule has 1 aliphatic heterocycles. The Labute approximate surface area is 239 Å². The number of benzene rings is 3. The van der Waals surface area contributed by atoms with Gasteiger partial charge in [0.1, 0.15) is 12.0 Å². The first-order chi connectivity index (χ1) is 19.5. The molecule has 0 aliphatic carbocycles. The molecule has 4 aromatic rings. The fraction of sp³-hybridized carbons (Fsp3) is 0.265. The van der Waals surface area contributed by atoms with E-state index in [-0.39, 0.29) is 6.17 Å². The topological polar surface area (TPSA) is 67.1 Å². The third-order valence-electron chi connectivity index (χ3n) is 6.43. The Kier molecular flexibility index (Phi) is 10.7. The summed E-state index contributed by atoms with van der Waals surface area (Å²) >= 11 is 0. The van der Waals surface area contributed by atoms with Crippen molar-refractivity contribution < 1.29 is 0 Å². The van der Waals surface area contributed by atoms with Crippen LogP contribution in [0.4, 0.5) is 0 Å². The summed E-state index contributed by atoms with van der Waals surface area (Å²) in [5.41, 5.74) is 15.5. The summed E-state index contributed by atoms with van der Waals surface area (Å²) in [7, 11) is 1.88. The summed E-state index contributed by atoms with van der Waals surface area (Å²) in [6.07, 6.45) is 5.60. The van der Waals surface area contributed by atoms with Gasteiger partial charge in [-0.1, -0.05) is 76.7 Å². The number of nitrogens with one attached hydrogen (secondary N) is 2. The van der Waals surface area contributed by atoms with Crippen molar-refractivity contribution in [2.24, 2.45) is 12.0 Å². The van der Waals surface area contributed by atoms with Gasteiger partial charge in [0.05, 0.1) is 0 Å². The molecule has 5 rings (SSSR count). The minimum Gasteiger partial charge on any atom is -0.303 e. The van der Waals surface area contributed by atoms with E-state index in [1.807, 2.05) is 53.8 Å². The molecule has 2 N–H and O–H groups in total. The first-order valence-corrected chi connectivity index (χ1v) is 14.1. The molecule has 1 aromatic heterocycles. The normalized spacial score (nSPS) is 14.0. The van der Waals surface area contributed by atoms with Crippen LogP contribution in [0.1, 0.15) is 57.1 Å². The number of aromatic nitrogens is 3.